The van der Waals surface area contributed by atoms with Crippen molar-refractivity contribution in [3.63, 3.8) is 0 Å². The van der Waals surface area contributed by atoms with E-state index in [-0.39, 0.29) is 5.82 Å². The Hall–Kier alpha value is -3.70. The molecule has 0 radical (unpaired) electrons. The highest BCUT2D eigenvalue weighted by molar-refractivity contribution is 5.98. The van der Waals surface area contributed by atoms with E-state index in [2.05, 4.69) is 60.5 Å². The molecule has 0 atom stereocenters. The maximum atomic E-state index is 14.6. The summed E-state index contributed by atoms with van der Waals surface area (Å²) in [4.78, 5) is 3.53. The van der Waals surface area contributed by atoms with Gasteiger partial charge in [-0.15, -0.1) is 0 Å². The van der Waals surface area contributed by atoms with Gasteiger partial charge in [0.15, 0.2) is 0 Å². The molecule has 4 nitrogen and oxygen atoms in total. The van der Waals surface area contributed by atoms with E-state index >= 15 is 0 Å². The molecule has 1 aliphatic rings. The van der Waals surface area contributed by atoms with Gasteiger partial charge < -0.3 is 10.3 Å². The number of allylic oxidation sites excluding steroid dienone is 2. The zero-order valence-electron chi connectivity index (χ0n) is 19.8. The highest BCUT2D eigenvalue weighted by Crippen LogP contribution is 2.32. The number of fused-ring (bicyclic) bond motifs is 1. The number of hydrogen-bond acceptors (Lipinski definition) is 2. The summed E-state index contributed by atoms with van der Waals surface area (Å²) >= 11 is 0. The van der Waals surface area contributed by atoms with Gasteiger partial charge >= 0.3 is 0 Å². The SMILES string of the molecule is C/C=C(\C=c1\c(-c2cc3c(-c4ccccc4F)cccc3[nH]2)n[nH]c1=C(C)C)C1=CCNCC1. The highest BCUT2D eigenvalue weighted by atomic mass is 19.1. The van der Waals surface area contributed by atoms with E-state index in [9.17, 15) is 4.39 Å². The second-order valence-corrected chi connectivity index (χ2v) is 8.86. The Kier molecular flexibility index (Phi) is 6.03. The van der Waals surface area contributed by atoms with Crippen molar-refractivity contribution in [2.75, 3.05) is 13.1 Å². The summed E-state index contributed by atoms with van der Waals surface area (Å²) in [6, 6.07) is 14.9. The van der Waals surface area contributed by atoms with E-state index in [1.54, 1.807) is 6.07 Å². The zero-order valence-corrected chi connectivity index (χ0v) is 19.8. The number of aromatic amines is 2. The lowest BCUT2D eigenvalue weighted by Crippen LogP contribution is -2.26. The summed E-state index contributed by atoms with van der Waals surface area (Å²) in [5, 5.41) is 14.4. The van der Waals surface area contributed by atoms with Crippen molar-refractivity contribution in [2.45, 2.75) is 27.2 Å². The van der Waals surface area contributed by atoms with Crippen molar-refractivity contribution in [3.05, 3.63) is 88.2 Å². The molecule has 2 aromatic heterocycles. The number of nitrogens with zero attached hydrogens (tertiary/aromatic N) is 1. The standard InChI is InChI=1S/C29H29FN4/c1-4-19(20-12-14-31-15-13-20)16-24-28(18(2)3)33-34-29(24)27-17-23-21(9-7-11-26(23)32-27)22-8-5-6-10-25(22)30/h4-12,16-17,31-33H,13-15H2,1-3H3/b19-4+,24-16+. The first-order valence-electron chi connectivity index (χ1n) is 11.7. The predicted molar refractivity (Wildman–Crippen MR) is 139 cm³/mol. The third-order valence-electron chi connectivity index (χ3n) is 6.43. The smallest absolute Gasteiger partial charge is 0.131 e. The van der Waals surface area contributed by atoms with Crippen LogP contribution in [0.3, 0.4) is 0 Å². The molecule has 34 heavy (non-hydrogen) atoms. The van der Waals surface area contributed by atoms with Crippen molar-refractivity contribution in [1.82, 2.24) is 20.5 Å². The Bertz CT molecular complexity index is 1540. The maximum Gasteiger partial charge on any atom is 0.131 e. The first-order valence-corrected chi connectivity index (χ1v) is 11.7. The summed E-state index contributed by atoms with van der Waals surface area (Å²) in [6.07, 6.45) is 7.68. The van der Waals surface area contributed by atoms with Gasteiger partial charge in [0, 0.05) is 28.2 Å². The summed E-state index contributed by atoms with van der Waals surface area (Å²) < 4.78 is 14.6. The summed E-state index contributed by atoms with van der Waals surface area (Å²) in [5.41, 5.74) is 7.93. The van der Waals surface area contributed by atoms with Gasteiger partial charge in [-0.05, 0) is 74.7 Å². The molecule has 5 rings (SSSR count). The van der Waals surface area contributed by atoms with Gasteiger partial charge in [-0.1, -0.05) is 48.1 Å². The quantitative estimate of drug-likeness (QED) is 0.399. The number of nitrogens with one attached hydrogen (secondary N) is 3. The third-order valence-corrected chi connectivity index (χ3v) is 6.43. The molecule has 0 spiro atoms. The second kappa shape index (κ2) is 9.27. The zero-order chi connectivity index (χ0) is 23.7. The van der Waals surface area contributed by atoms with Gasteiger partial charge in [-0.2, -0.15) is 5.10 Å². The van der Waals surface area contributed by atoms with E-state index < -0.39 is 0 Å². The van der Waals surface area contributed by atoms with Gasteiger partial charge in [0.1, 0.15) is 11.5 Å². The second-order valence-electron chi connectivity index (χ2n) is 8.86. The molecule has 0 bridgehead atoms. The van der Waals surface area contributed by atoms with E-state index in [1.807, 2.05) is 30.3 Å². The molecule has 0 amide bonds. The van der Waals surface area contributed by atoms with Crippen LogP contribution in [0.2, 0.25) is 0 Å². The van der Waals surface area contributed by atoms with Crippen LogP contribution < -0.4 is 15.9 Å². The van der Waals surface area contributed by atoms with Crippen LogP contribution in [-0.2, 0) is 0 Å². The van der Waals surface area contributed by atoms with Crippen LogP contribution in [0, 0.1) is 5.82 Å². The Morgan fingerprint density at radius 3 is 2.62 bits per heavy atom. The van der Waals surface area contributed by atoms with Crippen LogP contribution in [0.1, 0.15) is 27.2 Å². The minimum Gasteiger partial charge on any atom is -0.353 e. The lowest BCUT2D eigenvalue weighted by Gasteiger charge is -2.14. The Labute approximate surface area is 198 Å². The molecule has 5 heteroatoms. The van der Waals surface area contributed by atoms with Gasteiger partial charge in [-0.3, -0.25) is 5.10 Å². The van der Waals surface area contributed by atoms with E-state index in [4.69, 9.17) is 5.10 Å². The van der Waals surface area contributed by atoms with Crippen molar-refractivity contribution in [3.8, 4) is 22.5 Å². The van der Waals surface area contributed by atoms with Crippen molar-refractivity contribution in [1.29, 1.82) is 0 Å². The van der Waals surface area contributed by atoms with Crippen molar-refractivity contribution < 1.29 is 4.39 Å². The van der Waals surface area contributed by atoms with E-state index in [1.165, 1.54) is 22.8 Å². The fraction of sp³-hybridized carbons (Fsp3) is 0.207. The van der Waals surface area contributed by atoms with Crippen LogP contribution in [0.5, 0.6) is 0 Å². The molecule has 0 saturated heterocycles. The molecular formula is C29H29FN4. The van der Waals surface area contributed by atoms with Gasteiger partial charge in [0.25, 0.3) is 0 Å². The van der Waals surface area contributed by atoms with Crippen LogP contribution in [0.25, 0.3) is 45.1 Å². The van der Waals surface area contributed by atoms with E-state index in [0.717, 1.165) is 57.9 Å². The molecule has 4 aromatic rings. The van der Waals surface area contributed by atoms with Crippen LogP contribution >= 0.6 is 0 Å². The predicted octanol–water partition coefficient (Wildman–Crippen LogP) is 5.20. The molecule has 3 N–H and O–H groups in total. The molecule has 3 heterocycles. The lowest BCUT2D eigenvalue weighted by molar-refractivity contribution is 0.631. The van der Waals surface area contributed by atoms with Crippen LogP contribution in [-0.4, -0.2) is 28.3 Å². The molecule has 2 aromatic carbocycles. The monoisotopic (exact) mass is 452 g/mol. The average molecular weight is 453 g/mol. The molecule has 0 fully saturated rings. The van der Waals surface area contributed by atoms with Gasteiger partial charge in [0.2, 0.25) is 0 Å². The Balaban J connectivity index is 1.71. The van der Waals surface area contributed by atoms with Crippen LogP contribution in [0.4, 0.5) is 4.39 Å². The summed E-state index contributed by atoms with van der Waals surface area (Å²) in [6.45, 7) is 8.15. The number of hydrogen-bond donors (Lipinski definition) is 3. The Morgan fingerprint density at radius 2 is 1.88 bits per heavy atom. The van der Waals surface area contributed by atoms with Gasteiger partial charge in [0.05, 0.1) is 11.0 Å². The van der Waals surface area contributed by atoms with Crippen molar-refractivity contribution in [2.24, 2.45) is 0 Å². The third kappa shape index (κ3) is 4.03. The highest BCUT2D eigenvalue weighted by Gasteiger charge is 2.15. The average Bonchev–Trinajstić information content (AvgIpc) is 3.47. The summed E-state index contributed by atoms with van der Waals surface area (Å²) in [5.74, 6) is -0.224. The molecule has 0 unspecified atom stereocenters. The number of aromatic nitrogens is 3. The first kappa shape index (κ1) is 22.1. The topological polar surface area (TPSA) is 56.5 Å². The first-order chi connectivity index (χ1) is 16.6. The molecule has 172 valence electrons. The minimum absolute atomic E-state index is 0.224. The summed E-state index contributed by atoms with van der Waals surface area (Å²) in [7, 11) is 0. The number of H-pyrrole nitrogens is 2. The largest absolute Gasteiger partial charge is 0.353 e. The molecule has 1 aliphatic heterocycles. The fourth-order valence-corrected chi connectivity index (χ4v) is 4.68. The van der Waals surface area contributed by atoms with Crippen molar-refractivity contribution >= 4 is 22.6 Å². The maximum absolute atomic E-state index is 14.6. The lowest BCUT2D eigenvalue weighted by atomic mass is 9.98. The van der Waals surface area contributed by atoms with Crippen LogP contribution in [0.15, 0.2) is 71.8 Å². The number of halogens is 1. The number of benzene rings is 2. The number of rotatable bonds is 4. The Morgan fingerprint density at radius 1 is 1.06 bits per heavy atom. The molecular weight excluding hydrogens is 423 g/mol. The van der Waals surface area contributed by atoms with Gasteiger partial charge in [-0.25, -0.2) is 4.39 Å². The normalized spacial score (nSPS) is 15.1. The minimum atomic E-state index is -0.224. The van der Waals surface area contributed by atoms with E-state index in [0.29, 0.717) is 5.56 Å². The fourth-order valence-electron chi connectivity index (χ4n) is 4.68. The molecule has 0 saturated carbocycles. The molecule has 0 aliphatic carbocycles.